The van der Waals surface area contributed by atoms with E-state index in [9.17, 15) is 39.5 Å². The van der Waals surface area contributed by atoms with Gasteiger partial charge in [0.05, 0.1) is 31.5 Å². The minimum Gasteiger partial charge on any atom is -0.346 e. The van der Waals surface area contributed by atoms with Crippen LogP contribution in [0.4, 0.5) is 52.7 Å². The highest BCUT2D eigenvalue weighted by molar-refractivity contribution is 6.44. The van der Waals surface area contributed by atoms with Gasteiger partial charge in [-0.1, -0.05) is 69.6 Å². The van der Waals surface area contributed by atoms with Crippen LogP contribution < -0.4 is 5.01 Å². The Morgan fingerprint density at radius 1 is 0.632 bits per heavy atom. The second-order valence-corrected chi connectivity index (χ2v) is 13.8. The highest BCUT2D eigenvalue weighted by Gasteiger charge is 2.54. The first-order valence-corrected chi connectivity index (χ1v) is 17.0. The van der Waals surface area contributed by atoms with Crippen LogP contribution in [0.1, 0.15) is 22.8 Å². The molecule has 6 heterocycles. The average Bonchev–Trinajstić information content (AvgIpc) is 3.77. The van der Waals surface area contributed by atoms with Crippen molar-refractivity contribution in [3.8, 4) is 33.6 Å². The molecule has 9 nitrogen and oxygen atoms in total. The standard InChI is InChI=1S/C30H12Cl6F12N9/c1-54-8-56(24(30(46,47)48)21(54)13-6-14(27(37,38)39)52-55(13)2)57-23(29(43,44)45)17(22(53-57)28(40,41)42)16-12(33)7-50-26(36)15(16)9-5-11(32)19(51-25(9)35)20-18(34)10(31)3-4-49-20/h3-8H,1-2H3. The van der Waals surface area contributed by atoms with Gasteiger partial charge in [-0.3, -0.25) is 9.67 Å². The molecule has 0 saturated heterocycles. The number of rotatable bonds is 5. The van der Waals surface area contributed by atoms with Gasteiger partial charge in [0, 0.05) is 48.7 Å². The summed E-state index contributed by atoms with van der Waals surface area (Å²) in [5.74, 6) is 0. The third-order valence-electron chi connectivity index (χ3n) is 7.88. The van der Waals surface area contributed by atoms with Crippen molar-refractivity contribution < 1.29 is 52.7 Å². The third-order valence-corrected chi connectivity index (χ3v) is 9.82. The topological polar surface area (TPSA) is 80.8 Å². The van der Waals surface area contributed by atoms with E-state index in [1.807, 2.05) is 0 Å². The lowest BCUT2D eigenvalue weighted by atomic mass is 9.94. The van der Waals surface area contributed by atoms with Gasteiger partial charge in [-0.25, -0.2) is 15.0 Å². The molecule has 1 aliphatic heterocycles. The third kappa shape index (κ3) is 7.61. The molecule has 303 valence electrons. The predicted octanol–water partition coefficient (Wildman–Crippen LogP) is 11.7. The van der Waals surface area contributed by atoms with Crippen LogP contribution in [0.5, 0.6) is 0 Å². The molecule has 0 spiro atoms. The quantitative estimate of drug-likeness (QED) is 0.128. The zero-order chi connectivity index (χ0) is 42.5. The Balaban J connectivity index is 1.69. The van der Waals surface area contributed by atoms with E-state index in [4.69, 9.17) is 69.6 Å². The maximum atomic E-state index is 15.3. The maximum absolute atomic E-state index is 15.3. The van der Waals surface area contributed by atoms with Crippen LogP contribution in [0.15, 0.2) is 36.3 Å². The predicted molar refractivity (Wildman–Crippen MR) is 183 cm³/mol. The molecule has 0 saturated carbocycles. The van der Waals surface area contributed by atoms with E-state index < -0.39 is 111 Å². The first-order valence-electron chi connectivity index (χ1n) is 14.7. The summed E-state index contributed by atoms with van der Waals surface area (Å²) in [4.78, 5) is 11.4. The smallest absolute Gasteiger partial charge is 0.346 e. The van der Waals surface area contributed by atoms with Crippen molar-refractivity contribution in [3.05, 3.63) is 96.1 Å². The number of halogens is 18. The van der Waals surface area contributed by atoms with Crippen LogP contribution in [-0.4, -0.2) is 52.7 Å². The summed E-state index contributed by atoms with van der Waals surface area (Å²) in [6.45, 7) is 0.209. The van der Waals surface area contributed by atoms with Gasteiger partial charge in [-0.15, -0.1) is 5.10 Å². The number of alkyl halides is 12. The van der Waals surface area contributed by atoms with Crippen molar-refractivity contribution in [1.29, 1.82) is 0 Å². The number of pyridine rings is 3. The van der Waals surface area contributed by atoms with Crippen LogP contribution in [0.2, 0.25) is 30.4 Å². The summed E-state index contributed by atoms with van der Waals surface area (Å²) in [5, 5.41) is 2.49. The van der Waals surface area contributed by atoms with Gasteiger partial charge >= 0.3 is 24.7 Å². The van der Waals surface area contributed by atoms with E-state index in [2.05, 4.69) is 25.1 Å². The van der Waals surface area contributed by atoms with Gasteiger partial charge < -0.3 is 4.90 Å². The Labute approximate surface area is 339 Å². The number of nitrogens with zero attached hydrogens (tertiary/aromatic N) is 9. The Kier molecular flexibility index (Phi) is 10.8. The van der Waals surface area contributed by atoms with Crippen molar-refractivity contribution in [2.24, 2.45) is 7.05 Å². The van der Waals surface area contributed by atoms with Gasteiger partial charge in [0.25, 0.3) is 0 Å². The molecule has 0 bridgehead atoms. The molecule has 5 aromatic heterocycles. The SMILES string of the molecule is CN1[CH]N(n2nc(C(F)(F)F)c(-c3c(Cl)cnc(Cl)c3-c3cc(Cl)c(-c4nccc(Cl)c4Cl)nc3Cl)c2C(F)(F)F)C(C(F)(F)F)=C1c1cc(C(F)(F)F)nn1C. The lowest BCUT2D eigenvalue weighted by Gasteiger charge is -2.25. The lowest BCUT2D eigenvalue weighted by molar-refractivity contribution is -0.144. The average molecular weight is 939 g/mol. The molecule has 5 aromatic rings. The molecule has 27 heteroatoms. The number of allylic oxidation sites excluding steroid dienone is 1. The highest BCUT2D eigenvalue weighted by Crippen LogP contribution is 2.53. The first-order chi connectivity index (χ1) is 26.1. The summed E-state index contributed by atoms with van der Waals surface area (Å²) < 4.78 is 176. The molecule has 0 amide bonds. The molecule has 6 rings (SSSR count). The fraction of sp³-hybridized carbons (Fsp3) is 0.200. The second-order valence-electron chi connectivity index (χ2n) is 11.5. The highest BCUT2D eigenvalue weighted by atomic mass is 35.5. The van der Waals surface area contributed by atoms with Crippen LogP contribution in [0.25, 0.3) is 39.3 Å². The number of hydrogen-bond acceptors (Lipinski definition) is 7. The van der Waals surface area contributed by atoms with Gasteiger partial charge in [-0.2, -0.15) is 62.6 Å². The fourth-order valence-electron chi connectivity index (χ4n) is 5.69. The Bertz CT molecular complexity index is 2470. The van der Waals surface area contributed by atoms with E-state index in [1.165, 1.54) is 12.3 Å². The van der Waals surface area contributed by atoms with Crippen molar-refractivity contribution in [2.45, 2.75) is 24.7 Å². The summed E-state index contributed by atoms with van der Waals surface area (Å²) in [5.41, 5.74) is -16.2. The summed E-state index contributed by atoms with van der Waals surface area (Å²) in [6, 6.07) is 2.35. The van der Waals surface area contributed by atoms with E-state index in [0.29, 0.717) is 15.8 Å². The van der Waals surface area contributed by atoms with E-state index in [1.54, 1.807) is 0 Å². The normalized spacial score (nSPS) is 14.5. The second kappa shape index (κ2) is 14.4. The van der Waals surface area contributed by atoms with E-state index in [0.717, 1.165) is 20.2 Å². The zero-order valence-corrected chi connectivity index (χ0v) is 31.8. The minimum atomic E-state index is -6.03. The van der Waals surface area contributed by atoms with Crippen LogP contribution in [0.3, 0.4) is 0 Å². The Morgan fingerprint density at radius 3 is 1.84 bits per heavy atom. The lowest BCUT2D eigenvalue weighted by Crippen LogP contribution is -2.39. The molecule has 0 aliphatic carbocycles. The first kappa shape index (κ1) is 42.7. The van der Waals surface area contributed by atoms with Crippen molar-refractivity contribution >= 4 is 75.3 Å². The van der Waals surface area contributed by atoms with Crippen molar-refractivity contribution in [2.75, 3.05) is 12.1 Å². The summed E-state index contributed by atoms with van der Waals surface area (Å²) in [6.07, 6.45) is -21.2. The molecular weight excluding hydrogens is 927 g/mol. The molecule has 0 fully saturated rings. The molecule has 0 unspecified atom stereocenters. The van der Waals surface area contributed by atoms with E-state index >= 15 is 13.2 Å². The molecular formula is C30H12Cl6F12N9. The van der Waals surface area contributed by atoms with Crippen molar-refractivity contribution in [3.63, 3.8) is 0 Å². The Morgan fingerprint density at radius 2 is 1.28 bits per heavy atom. The number of aryl methyl sites for hydroxylation is 1. The fourth-order valence-corrected chi connectivity index (χ4v) is 7.00. The van der Waals surface area contributed by atoms with Crippen molar-refractivity contribution in [1.82, 2.24) is 39.5 Å². The van der Waals surface area contributed by atoms with E-state index in [-0.39, 0.29) is 34.2 Å². The monoisotopic (exact) mass is 936 g/mol. The van der Waals surface area contributed by atoms with Crippen LogP contribution in [-0.2, 0) is 25.6 Å². The molecule has 0 atom stereocenters. The maximum Gasteiger partial charge on any atom is 0.435 e. The summed E-state index contributed by atoms with van der Waals surface area (Å²) in [7, 11) is 1.57. The number of aromatic nitrogens is 7. The molecule has 0 aromatic carbocycles. The number of hydrogen-bond donors (Lipinski definition) is 0. The van der Waals surface area contributed by atoms with Gasteiger partial charge in [0.1, 0.15) is 21.7 Å². The van der Waals surface area contributed by atoms with Gasteiger partial charge in [0.15, 0.2) is 29.4 Å². The van der Waals surface area contributed by atoms with Gasteiger partial charge in [0.2, 0.25) is 0 Å². The molecule has 0 N–H and O–H groups in total. The molecule has 57 heavy (non-hydrogen) atoms. The van der Waals surface area contributed by atoms with Crippen LogP contribution in [0, 0.1) is 6.67 Å². The molecule has 1 radical (unpaired) electrons. The molecule has 1 aliphatic rings. The Hall–Kier alpha value is -3.89. The van der Waals surface area contributed by atoms with Crippen LogP contribution >= 0.6 is 69.6 Å². The summed E-state index contributed by atoms with van der Waals surface area (Å²) >= 11 is 37.7. The van der Waals surface area contributed by atoms with Gasteiger partial charge in [-0.05, 0) is 18.2 Å². The minimum absolute atomic E-state index is 0.0241. The largest absolute Gasteiger partial charge is 0.435 e. The zero-order valence-electron chi connectivity index (χ0n) is 27.3.